The highest BCUT2D eigenvalue weighted by Crippen LogP contribution is 2.19. The van der Waals surface area contributed by atoms with Crippen molar-refractivity contribution in [2.75, 3.05) is 0 Å². The molecule has 12 heavy (non-hydrogen) atoms. The van der Waals surface area contributed by atoms with Crippen LogP contribution in [0, 0.1) is 24.7 Å². The Morgan fingerprint density at radius 2 is 1.67 bits per heavy atom. The Morgan fingerprint density at radius 1 is 1.08 bits per heavy atom. The fourth-order valence-electron chi connectivity index (χ4n) is 1.28. The Balaban J connectivity index is 3.30. The topological polar surface area (TPSA) is 0 Å². The lowest BCUT2D eigenvalue weighted by molar-refractivity contribution is 0.381. The van der Waals surface area contributed by atoms with Crippen LogP contribution in [0.25, 0.3) is 0 Å². The van der Waals surface area contributed by atoms with Crippen LogP contribution in [0.4, 0.5) is 0 Å². The molecule has 0 heterocycles. The van der Waals surface area contributed by atoms with Crippen molar-refractivity contribution in [2.24, 2.45) is 17.8 Å². The summed E-state index contributed by atoms with van der Waals surface area (Å²) in [4.78, 5) is 0. The van der Waals surface area contributed by atoms with E-state index in [-0.39, 0.29) is 0 Å². The molecule has 0 rings (SSSR count). The van der Waals surface area contributed by atoms with E-state index in [4.69, 9.17) is 0 Å². The SMILES string of the molecule is [CH2]C(C)C(C)CCCC(C)CC. The summed E-state index contributed by atoms with van der Waals surface area (Å²) in [5.74, 6) is 2.33. The number of hydrogen-bond acceptors (Lipinski definition) is 0. The van der Waals surface area contributed by atoms with Crippen LogP contribution in [-0.2, 0) is 0 Å². The van der Waals surface area contributed by atoms with Gasteiger partial charge >= 0.3 is 0 Å². The van der Waals surface area contributed by atoms with Crippen molar-refractivity contribution in [1.82, 2.24) is 0 Å². The van der Waals surface area contributed by atoms with E-state index in [0.717, 1.165) is 11.8 Å². The molecule has 0 heteroatoms. The highest BCUT2D eigenvalue weighted by Gasteiger charge is 2.07. The van der Waals surface area contributed by atoms with Crippen LogP contribution < -0.4 is 0 Å². The molecule has 0 aliphatic rings. The van der Waals surface area contributed by atoms with Gasteiger partial charge in [0.25, 0.3) is 0 Å². The van der Waals surface area contributed by atoms with E-state index in [9.17, 15) is 0 Å². The largest absolute Gasteiger partial charge is 0.0651 e. The van der Waals surface area contributed by atoms with Crippen LogP contribution in [0.3, 0.4) is 0 Å². The standard InChI is InChI=1S/C12H25/c1-6-11(4)8-7-9-12(5)10(2)3/h10-12H,2,6-9H2,1,3-5H3. The van der Waals surface area contributed by atoms with Gasteiger partial charge in [0.1, 0.15) is 0 Å². The average molecular weight is 169 g/mol. The van der Waals surface area contributed by atoms with Gasteiger partial charge in [0.2, 0.25) is 0 Å². The maximum absolute atomic E-state index is 4.06. The van der Waals surface area contributed by atoms with Crippen LogP contribution in [0.15, 0.2) is 0 Å². The van der Waals surface area contributed by atoms with Crippen molar-refractivity contribution in [3.63, 3.8) is 0 Å². The van der Waals surface area contributed by atoms with Gasteiger partial charge in [-0.25, -0.2) is 0 Å². The molecular weight excluding hydrogens is 144 g/mol. The fraction of sp³-hybridized carbons (Fsp3) is 0.917. The molecule has 1 radical (unpaired) electrons. The molecule has 0 bridgehead atoms. The summed E-state index contributed by atoms with van der Waals surface area (Å²) in [5.41, 5.74) is 0. The van der Waals surface area contributed by atoms with E-state index in [1.807, 2.05) is 0 Å². The van der Waals surface area contributed by atoms with Crippen molar-refractivity contribution >= 4 is 0 Å². The van der Waals surface area contributed by atoms with Gasteiger partial charge in [-0.15, -0.1) is 0 Å². The van der Waals surface area contributed by atoms with Crippen molar-refractivity contribution in [3.8, 4) is 0 Å². The second kappa shape index (κ2) is 6.51. The third-order valence-corrected chi connectivity index (χ3v) is 3.02. The van der Waals surface area contributed by atoms with Gasteiger partial charge in [-0.2, -0.15) is 0 Å². The molecule has 0 saturated carbocycles. The summed E-state index contributed by atoms with van der Waals surface area (Å²) >= 11 is 0. The molecule has 0 nitrogen and oxygen atoms in total. The smallest absolute Gasteiger partial charge is 0.0417 e. The molecule has 0 N–H and O–H groups in total. The van der Waals surface area contributed by atoms with Crippen molar-refractivity contribution in [2.45, 2.75) is 53.4 Å². The molecule has 0 amide bonds. The van der Waals surface area contributed by atoms with E-state index in [1.165, 1.54) is 25.7 Å². The molecule has 0 aromatic rings. The quantitative estimate of drug-likeness (QED) is 0.556. The van der Waals surface area contributed by atoms with E-state index in [2.05, 4.69) is 34.6 Å². The minimum Gasteiger partial charge on any atom is -0.0651 e. The minimum atomic E-state index is 0.613. The van der Waals surface area contributed by atoms with E-state index in [0.29, 0.717) is 5.92 Å². The van der Waals surface area contributed by atoms with Crippen molar-refractivity contribution in [3.05, 3.63) is 6.92 Å². The van der Waals surface area contributed by atoms with Crippen LogP contribution in [-0.4, -0.2) is 0 Å². The molecule has 0 saturated heterocycles. The Morgan fingerprint density at radius 3 is 2.08 bits per heavy atom. The van der Waals surface area contributed by atoms with Gasteiger partial charge < -0.3 is 0 Å². The van der Waals surface area contributed by atoms with Gasteiger partial charge in [0.15, 0.2) is 0 Å². The van der Waals surface area contributed by atoms with Crippen molar-refractivity contribution < 1.29 is 0 Å². The zero-order valence-electron chi connectivity index (χ0n) is 9.27. The predicted octanol–water partition coefficient (Wildman–Crippen LogP) is 4.31. The first kappa shape index (κ1) is 12.0. The van der Waals surface area contributed by atoms with Crippen LogP contribution in [0.5, 0.6) is 0 Å². The molecule has 0 aliphatic heterocycles. The highest BCUT2D eigenvalue weighted by atomic mass is 14.1. The lowest BCUT2D eigenvalue weighted by Crippen LogP contribution is -2.04. The first-order valence-electron chi connectivity index (χ1n) is 5.41. The van der Waals surface area contributed by atoms with Crippen LogP contribution in [0.1, 0.15) is 53.4 Å². The fourth-order valence-corrected chi connectivity index (χ4v) is 1.28. The van der Waals surface area contributed by atoms with Gasteiger partial charge in [-0.3, -0.25) is 0 Å². The average Bonchev–Trinajstić information content (AvgIpc) is 2.03. The summed E-state index contributed by atoms with van der Waals surface area (Å²) in [6.07, 6.45) is 5.47. The molecule has 3 unspecified atom stereocenters. The van der Waals surface area contributed by atoms with Gasteiger partial charge in [0.05, 0.1) is 0 Å². The van der Waals surface area contributed by atoms with Crippen molar-refractivity contribution in [1.29, 1.82) is 0 Å². The summed E-state index contributed by atoms with van der Waals surface area (Å²) in [6.45, 7) is 13.2. The van der Waals surface area contributed by atoms with Gasteiger partial charge in [0, 0.05) is 0 Å². The maximum atomic E-state index is 4.06. The molecule has 3 atom stereocenters. The molecule has 0 fully saturated rings. The zero-order valence-corrected chi connectivity index (χ0v) is 9.27. The maximum Gasteiger partial charge on any atom is -0.0417 e. The number of rotatable bonds is 6. The van der Waals surface area contributed by atoms with Gasteiger partial charge in [-0.05, 0) is 17.8 Å². The second-order valence-corrected chi connectivity index (χ2v) is 4.40. The van der Waals surface area contributed by atoms with Gasteiger partial charge in [-0.1, -0.05) is 60.3 Å². The molecule has 0 spiro atoms. The lowest BCUT2D eigenvalue weighted by Gasteiger charge is -2.16. The van der Waals surface area contributed by atoms with Crippen LogP contribution in [0.2, 0.25) is 0 Å². The first-order chi connectivity index (χ1) is 5.57. The van der Waals surface area contributed by atoms with E-state index < -0.39 is 0 Å². The van der Waals surface area contributed by atoms with Crippen LogP contribution >= 0.6 is 0 Å². The Labute approximate surface area is 78.8 Å². The molecule has 0 aromatic heterocycles. The summed E-state index contributed by atoms with van der Waals surface area (Å²) in [6, 6.07) is 0. The Bertz CT molecular complexity index is 94.2. The second-order valence-electron chi connectivity index (χ2n) is 4.40. The normalized spacial score (nSPS) is 16.5. The summed E-state index contributed by atoms with van der Waals surface area (Å²) in [5, 5.41) is 0. The third-order valence-electron chi connectivity index (χ3n) is 3.02. The zero-order chi connectivity index (χ0) is 9.56. The minimum absolute atomic E-state index is 0.613. The first-order valence-corrected chi connectivity index (χ1v) is 5.41. The molecule has 73 valence electrons. The highest BCUT2D eigenvalue weighted by molar-refractivity contribution is 4.64. The Hall–Kier alpha value is 0. The predicted molar refractivity (Wildman–Crippen MR) is 57.0 cm³/mol. The Kier molecular flexibility index (Phi) is 6.51. The number of hydrogen-bond donors (Lipinski definition) is 0. The molecular formula is C12H25. The lowest BCUT2D eigenvalue weighted by atomic mass is 9.90. The van der Waals surface area contributed by atoms with E-state index in [1.54, 1.807) is 0 Å². The molecule has 0 aromatic carbocycles. The van der Waals surface area contributed by atoms with E-state index >= 15 is 0 Å². The monoisotopic (exact) mass is 169 g/mol. The summed E-state index contributed by atoms with van der Waals surface area (Å²) < 4.78 is 0. The molecule has 0 aliphatic carbocycles. The summed E-state index contributed by atoms with van der Waals surface area (Å²) in [7, 11) is 0. The third kappa shape index (κ3) is 5.62.